The van der Waals surface area contributed by atoms with Crippen molar-refractivity contribution in [2.75, 3.05) is 6.54 Å². The van der Waals surface area contributed by atoms with Gasteiger partial charge in [-0.25, -0.2) is 0 Å². The maximum absolute atomic E-state index is 11.1. The van der Waals surface area contributed by atoms with E-state index in [0.29, 0.717) is 11.3 Å². The molecule has 0 bridgehead atoms. The molecule has 70 valence electrons. The predicted octanol–water partition coefficient (Wildman–Crippen LogP) is 0.402. The van der Waals surface area contributed by atoms with Crippen LogP contribution in [0.3, 0.4) is 0 Å². The number of hydrogen-bond acceptors (Lipinski definition) is 3. The summed E-state index contributed by atoms with van der Waals surface area (Å²) in [6.07, 6.45) is 1.28. The van der Waals surface area contributed by atoms with Gasteiger partial charge in [0.1, 0.15) is 18.6 Å². The van der Waals surface area contributed by atoms with E-state index in [9.17, 15) is 9.59 Å². The Morgan fingerprint density at radius 3 is 2.77 bits per heavy atom. The molecule has 2 N–H and O–H groups in total. The number of nitrogens with one attached hydrogen (secondary N) is 1. The van der Waals surface area contributed by atoms with Crippen LogP contribution in [0.4, 0.5) is 0 Å². The molecule has 1 amide bonds. The lowest BCUT2D eigenvalue weighted by atomic mass is 10.3. The number of carbonyl (C=O) groups is 2. The first-order chi connectivity index (χ1) is 6.09. The topological polar surface area (TPSA) is 79.5 Å². The van der Waals surface area contributed by atoms with Crippen LogP contribution < -0.4 is 5.32 Å². The van der Waals surface area contributed by atoms with Crippen molar-refractivity contribution >= 4 is 11.9 Å². The molecule has 1 aromatic heterocycles. The molecule has 5 nitrogen and oxygen atoms in total. The van der Waals surface area contributed by atoms with Crippen LogP contribution in [-0.2, 0) is 4.79 Å². The Labute approximate surface area is 74.4 Å². The van der Waals surface area contributed by atoms with Crippen LogP contribution in [0.25, 0.3) is 0 Å². The average Bonchev–Trinajstić information content (AvgIpc) is 2.47. The number of rotatable bonds is 3. The van der Waals surface area contributed by atoms with Gasteiger partial charge in [-0.05, 0) is 13.0 Å². The molecule has 1 rings (SSSR count). The first kappa shape index (κ1) is 9.31. The highest BCUT2D eigenvalue weighted by molar-refractivity contribution is 5.95. The average molecular weight is 183 g/mol. The van der Waals surface area contributed by atoms with Gasteiger partial charge in [-0.15, -0.1) is 0 Å². The maximum atomic E-state index is 11.1. The number of aryl methyl sites for hydroxylation is 1. The summed E-state index contributed by atoms with van der Waals surface area (Å²) in [4.78, 5) is 21.2. The third-order valence-electron chi connectivity index (χ3n) is 1.39. The van der Waals surface area contributed by atoms with Crippen LogP contribution >= 0.6 is 0 Å². The highest BCUT2D eigenvalue weighted by atomic mass is 16.4. The van der Waals surface area contributed by atoms with Crippen molar-refractivity contribution in [1.29, 1.82) is 0 Å². The normalized spacial score (nSPS) is 9.62. The molecule has 5 heteroatoms. The van der Waals surface area contributed by atoms with Crippen molar-refractivity contribution in [2.45, 2.75) is 6.92 Å². The zero-order chi connectivity index (χ0) is 9.84. The molecular weight excluding hydrogens is 174 g/mol. The molecule has 1 heterocycles. The van der Waals surface area contributed by atoms with Crippen molar-refractivity contribution in [3.05, 3.63) is 23.7 Å². The van der Waals surface area contributed by atoms with Gasteiger partial charge in [0.05, 0.1) is 5.56 Å². The number of furan rings is 1. The quantitative estimate of drug-likeness (QED) is 0.710. The van der Waals surface area contributed by atoms with Gasteiger partial charge in [-0.3, -0.25) is 9.59 Å². The Hall–Kier alpha value is -1.78. The minimum Gasteiger partial charge on any atom is -0.480 e. The van der Waals surface area contributed by atoms with E-state index in [1.807, 2.05) is 0 Å². The number of hydrogen-bond donors (Lipinski definition) is 2. The molecule has 0 aromatic carbocycles. The molecule has 0 spiro atoms. The molecule has 0 saturated heterocycles. The van der Waals surface area contributed by atoms with Crippen LogP contribution in [0.5, 0.6) is 0 Å². The van der Waals surface area contributed by atoms with E-state index in [2.05, 4.69) is 5.32 Å². The minimum atomic E-state index is -1.08. The largest absolute Gasteiger partial charge is 0.480 e. The monoisotopic (exact) mass is 183 g/mol. The van der Waals surface area contributed by atoms with Crippen LogP contribution in [0.15, 0.2) is 16.7 Å². The molecule has 1 aromatic rings. The van der Waals surface area contributed by atoms with Gasteiger partial charge in [-0.1, -0.05) is 0 Å². The minimum absolute atomic E-state index is 0.332. The predicted molar refractivity (Wildman–Crippen MR) is 43.4 cm³/mol. The van der Waals surface area contributed by atoms with Crippen molar-refractivity contribution in [3.63, 3.8) is 0 Å². The number of amides is 1. The first-order valence-electron chi connectivity index (χ1n) is 3.64. The highest BCUT2D eigenvalue weighted by Crippen LogP contribution is 2.05. The van der Waals surface area contributed by atoms with Crippen LogP contribution in [0, 0.1) is 6.92 Å². The standard InChI is InChI=1S/C8H9NO4/c1-5-2-6(4-13-5)8(12)9-3-7(10)11/h2,4H,3H2,1H3,(H,9,12)(H,10,11). The summed E-state index contributed by atoms with van der Waals surface area (Å²) in [6, 6.07) is 1.54. The van der Waals surface area contributed by atoms with Gasteiger partial charge in [0, 0.05) is 0 Å². The summed E-state index contributed by atoms with van der Waals surface area (Å²) in [6.45, 7) is 1.32. The molecule has 0 atom stereocenters. The van der Waals surface area contributed by atoms with Gasteiger partial charge >= 0.3 is 5.97 Å². The summed E-state index contributed by atoms with van der Waals surface area (Å²) in [5, 5.41) is 10.5. The SMILES string of the molecule is Cc1cc(C(=O)NCC(=O)O)co1. The smallest absolute Gasteiger partial charge is 0.322 e. The van der Waals surface area contributed by atoms with Gasteiger partial charge in [0.15, 0.2) is 0 Å². The fourth-order valence-corrected chi connectivity index (χ4v) is 0.820. The van der Waals surface area contributed by atoms with E-state index >= 15 is 0 Å². The second-order valence-corrected chi connectivity index (χ2v) is 2.52. The van der Waals surface area contributed by atoms with E-state index in [-0.39, 0.29) is 6.54 Å². The summed E-state index contributed by atoms with van der Waals surface area (Å²) in [7, 11) is 0. The second-order valence-electron chi connectivity index (χ2n) is 2.52. The maximum Gasteiger partial charge on any atom is 0.322 e. The van der Waals surface area contributed by atoms with Crippen molar-refractivity contribution in [3.8, 4) is 0 Å². The molecule has 0 unspecified atom stereocenters. The Bertz CT molecular complexity index is 329. The van der Waals surface area contributed by atoms with Crippen LogP contribution in [0.2, 0.25) is 0 Å². The molecule has 13 heavy (non-hydrogen) atoms. The fraction of sp³-hybridized carbons (Fsp3) is 0.250. The lowest BCUT2D eigenvalue weighted by molar-refractivity contribution is -0.135. The van der Waals surface area contributed by atoms with E-state index in [4.69, 9.17) is 9.52 Å². The number of carbonyl (C=O) groups excluding carboxylic acids is 1. The molecular formula is C8H9NO4. The van der Waals surface area contributed by atoms with Crippen molar-refractivity contribution in [1.82, 2.24) is 5.32 Å². The van der Waals surface area contributed by atoms with Crippen LogP contribution in [-0.4, -0.2) is 23.5 Å². The second kappa shape index (κ2) is 3.75. The van der Waals surface area contributed by atoms with E-state index in [0.717, 1.165) is 0 Å². The number of carboxylic acid groups (broad SMARTS) is 1. The van der Waals surface area contributed by atoms with Gasteiger partial charge in [-0.2, -0.15) is 0 Å². The molecule has 0 aliphatic rings. The summed E-state index contributed by atoms with van der Waals surface area (Å²) < 4.78 is 4.88. The Kier molecular flexibility index (Phi) is 2.69. The van der Waals surface area contributed by atoms with Gasteiger partial charge < -0.3 is 14.8 Å². The molecule has 0 aliphatic heterocycles. The summed E-state index contributed by atoms with van der Waals surface area (Å²) in [5.41, 5.74) is 0.332. The lowest BCUT2D eigenvalue weighted by Gasteiger charge is -1.97. The van der Waals surface area contributed by atoms with Crippen molar-refractivity contribution in [2.24, 2.45) is 0 Å². The van der Waals surface area contributed by atoms with Gasteiger partial charge in [0.2, 0.25) is 0 Å². The summed E-state index contributed by atoms with van der Waals surface area (Å²) in [5.74, 6) is -0.909. The zero-order valence-electron chi connectivity index (χ0n) is 7.03. The van der Waals surface area contributed by atoms with Crippen molar-refractivity contribution < 1.29 is 19.1 Å². The van der Waals surface area contributed by atoms with E-state index in [1.165, 1.54) is 12.3 Å². The molecule has 0 aliphatic carbocycles. The molecule has 0 saturated carbocycles. The van der Waals surface area contributed by atoms with Gasteiger partial charge in [0.25, 0.3) is 5.91 Å². The third-order valence-corrected chi connectivity index (χ3v) is 1.39. The Morgan fingerprint density at radius 1 is 1.62 bits per heavy atom. The number of aliphatic carboxylic acids is 1. The first-order valence-corrected chi connectivity index (χ1v) is 3.64. The zero-order valence-corrected chi connectivity index (χ0v) is 7.03. The highest BCUT2D eigenvalue weighted by Gasteiger charge is 2.08. The van der Waals surface area contributed by atoms with Crippen LogP contribution in [0.1, 0.15) is 16.1 Å². The lowest BCUT2D eigenvalue weighted by Crippen LogP contribution is -2.28. The Balaban J connectivity index is 2.54. The Morgan fingerprint density at radius 2 is 2.31 bits per heavy atom. The number of carboxylic acids is 1. The molecule has 0 radical (unpaired) electrons. The molecule has 0 fully saturated rings. The fourth-order valence-electron chi connectivity index (χ4n) is 0.820. The summed E-state index contributed by atoms with van der Waals surface area (Å²) >= 11 is 0. The van der Waals surface area contributed by atoms with E-state index in [1.54, 1.807) is 6.92 Å². The third kappa shape index (κ3) is 2.62. The van der Waals surface area contributed by atoms with E-state index < -0.39 is 11.9 Å².